The fourth-order valence-electron chi connectivity index (χ4n) is 2.06. The molecule has 2 rings (SSSR count). The molecule has 0 bridgehead atoms. The Morgan fingerprint density at radius 1 is 1.04 bits per heavy atom. The van der Waals surface area contributed by atoms with Gasteiger partial charge in [-0.15, -0.1) is 5.92 Å². The van der Waals surface area contributed by atoms with Gasteiger partial charge < -0.3 is 4.74 Å². The van der Waals surface area contributed by atoms with Crippen molar-refractivity contribution in [2.45, 2.75) is 46.9 Å². The van der Waals surface area contributed by atoms with Crippen molar-refractivity contribution in [2.75, 3.05) is 0 Å². The number of hydrogen-bond donors (Lipinski definition) is 0. The average Bonchev–Trinajstić information content (AvgIpc) is 2.54. The van der Waals surface area contributed by atoms with Crippen molar-refractivity contribution < 1.29 is 17.9 Å². The zero-order valence-corrected chi connectivity index (χ0v) is 15.0. The maximum Gasteiger partial charge on any atom is 0.417 e. The molecule has 0 heterocycles. The molecule has 25 heavy (non-hydrogen) atoms. The summed E-state index contributed by atoms with van der Waals surface area (Å²) in [5.74, 6) is 5.13. The van der Waals surface area contributed by atoms with Crippen molar-refractivity contribution in [1.82, 2.24) is 0 Å². The molecule has 0 amide bonds. The van der Waals surface area contributed by atoms with Crippen LogP contribution in [0.3, 0.4) is 0 Å². The van der Waals surface area contributed by atoms with Crippen LogP contribution in [0.1, 0.15) is 49.4 Å². The number of aryl methyl sites for hydroxylation is 1. The zero-order chi connectivity index (χ0) is 18.9. The first kappa shape index (κ1) is 20.6. The van der Waals surface area contributed by atoms with Gasteiger partial charge in [0.15, 0.2) is 0 Å². The van der Waals surface area contributed by atoms with Gasteiger partial charge >= 0.3 is 6.18 Å². The molecule has 2 aromatic rings. The minimum atomic E-state index is -4.46. The van der Waals surface area contributed by atoms with Crippen LogP contribution in [0.4, 0.5) is 13.2 Å². The quantitative estimate of drug-likeness (QED) is 0.585. The van der Waals surface area contributed by atoms with Crippen LogP contribution < -0.4 is 4.74 Å². The van der Waals surface area contributed by atoms with Gasteiger partial charge in [0.1, 0.15) is 12.4 Å². The van der Waals surface area contributed by atoms with Crippen LogP contribution in [0.2, 0.25) is 0 Å². The molecule has 4 heteroatoms. The van der Waals surface area contributed by atoms with Gasteiger partial charge in [-0.3, -0.25) is 0 Å². The summed E-state index contributed by atoms with van der Waals surface area (Å²) in [5.41, 5.74) is 1.16. The molecule has 0 saturated heterocycles. The van der Waals surface area contributed by atoms with Crippen LogP contribution >= 0.6 is 0 Å². The lowest BCUT2D eigenvalue weighted by molar-refractivity contribution is -0.137. The Hall–Kier alpha value is -2.41. The first-order valence-corrected chi connectivity index (χ1v) is 8.14. The molecule has 1 nitrogen and oxygen atoms in total. The lowest BCUT2D eigenvalue weighted by Crippen LogP contribution is -2.08. The van der Waals surface area contributed by atoms with Crippen molar-refractivity contribution in [3.63, 3.8) is 0 Å². The molecule has 0 radical (unpaired) electrons. The van der Waals surface area contributed by atoms with Gasteiger partial charge in [-0.25, -0.2) is 0 Å². The molecule has 0 unspecified atom stereocenters. The zero-order valence-electron chi connectivity index (χ0n) is 15.0. The minimum absolute atomic E-state index is 0.0436. The van der Waals surface area contributed by atoms with Gasteiger partial charge in [0.2, 0.25) is 0 Å². The predicted octanol–water partition coefficient (Wildman–Crippen LogP) is 6.38. The van der Waals surface area contributed by atoms with E-state index in [4.69, 9.17) is 4.74 Å². The summed E-state index contributed by atoms with van der Waals surface area (Å²) in [7, 11) is 0. The molecule has 0 aliphatic heterocycles. The van der Waals surface area contributed by atoms with Crippen LogP contribution in [-0.2, 0) is 12.8 Å². The topological polar surface area (TPSA) is 9.23 Å². The summed E-state index contributed by atoms with van der Waals surface area (Å²) < 4.78 is 44.6. The first-order chi connectivity index (χ1) is 11.8. The third-order valence-electron chi connectivity index (χ3n) is 3.04. The van der Waals surface area contributed by atoms with Crippen LogP contribution in [0.15, 0.2) is 42.5 Å². The molecular formula is C21H23F3O. The molecule has 2 aromatic carbocycles. The van der Waals surface area contributed by atoms with Crippen molar-refractivity contribution in [2.24, 2.45) is 0 Å². The molecular weight excluding hydrogens is 325 g/mol. The van der Waals surface area contributed by atoms with Gasteiger partial charge in [-0.05, 0) is 37.6 Å². The van der Waals surface area contributed by atoms with Crippen molar-refractivity contribution in [3.05, 3.63) is 64.7 Å². The van der Waals surface area contributed by atoms with Crippen LogP contribution in [0.25, 0.3) is 0 Å². The number of ether oxygens (including phenoxy) is 1. The van der Waals surface area contributed by atoms with E-state index in [1.165, 1.54) is 25.5 Å². The van der Waals surface area contributed by atoms with Gasteiger partial charge in [0.05, 0.1) is 5.56 Å². The third kappa shape index (κ3) is 6.93. The predicted molar refractivity (Wildman–Crippen MR) is 95.5 cm³/mol. The van der Waals surface area contributed by atoms with E-state index < -0.39 is 11.7 Å². The Bertz CT molecular complexity index is 737. The minimum Gasteiger partial charge on any atom is -0.489 e. The fraction of sp³-hybridized carbons (Fsp3) is 0.333. The second-order valence-electron chi connectivity index (χ2n) is 5.56. The van der Waals surface area contributed by atoms with Crippen LogP contribution in [0, 0.1) is 18.8 Å². The highest BCUT2D eigenvalue weighted by Gasteiger charge is 2.33. The Morgan fingerprint density at radius 3 is 2.28 bits per heavy atom. The molecule has 0 fully saturated rings. The lowest BCUT2D eigenvalue weighted by atomic mass is 10.1. The molecule has 134 valence electrons. The number of rotatable bonds is 3. The molecule has 0 atom stereocenters. The second kappa shape index (κ2) is 9.78. The van der Waals surface area contributed by atoms with Gasteiger partial charge in [0, 0.05) is 5.56 Å². The van der Waals surface area contributed by atoms with Gasteiger partial charge in [0.25, 0.3) is 0 Å². The normalized spacial score (nSPS) is 10.2. The fourth-order valence-corrected chi connectivity index (χ4v) is 2.06. The first-order valence-electron chi connectivity index (χ1n) is 8.14. The monoisotopic (exact) mass is 348 g/mol. The molecule has 0 N–H and O–H groups in total. The highest BCUT2D eigenvalue weighted by Crippen LogP contribution is 2.34. The summed E-state index contributed by atoms with van der Waals surface area (Å²) >= 11 is 0. The number of hydrogen-bond acceptors (Lipinski definition) is 1. The summed E-state index contributed by atoms with van der Waals surface area (Å²) in [6, 6.07) is 11.5. The van der Waals surface area contributed by atoms with E-state index >= 15 is 0 Å². The van der Waals surface area contributed by atoms with E-state index in [0.29, 0.717) is 0 Å². The van der Waals surface area contributed by atoms with Crippen molar-refractivity contribution in [1.29, 1.82) is 0 Å². The third-order valence-corrected chi connectivity index (χ3v) is 3.04. The number of halogens is 3. The maximum absolute atomic E-state index is 13.0. The second-order valence-corrected chi connectivity index (χ2v) is 5.56. The average molecular weight is 348 g/mol. The van der Waals surface area contributed by atoms with E-state index in [1.807, 2.05) is 31.2 Å². The molecule has 0 spiro atoms. The largest absolute Gasteiger partial charge is 0.489 e. The molecule has 0 saturated carbocycles. The lowest BCUT2D eigenvalue weighted by Gasteiger charge is -2.12. The van der Waals surface area contributed by atoms with E-state index in [9.17, 15) is 13.2 Å². The summed E-state index contributed by atoms with van der Waals surface area (Å²) in [6.45, 7) is 7.92. The Balaban J connectivity index is 0.000000970. The molecule has 0 aliphatic rings. The van der Waals surface area contributed by atoms with Crippen molar-refractivity contribution in [3.8, 4) is 17.6 Å². The van der Waals surface area contributed by atoms with E-state index in [0.717, 1.165) is 17.2 Å². The highest BCUT2D eigenvalue weighted by molar-refractivity contribution is 5.46. The van der Waals surface area contributed by atoms with Gasteiger partial charge in [-0.2, -0.15) is 13.2 Å². The number of benzene rings is 2. The Labute approximate surface area is 147 Å². The van der Waals surface area contributed by atoms with E-state index in [2.05, 4.69) is 25.7 Å². The van der Waals surface area contributed by atoms with Gasteiger partial charge in [-0.1, -0.05) is 56.0 Å². The Kier molecular flexibility index (Phi) is 8.07. The van der Waals surface area contributed by atoms with Crippen molar-refractivity contribution >= 4 is 0 Å². The molecule has 0 aliphatic carbocycles. The number of alkyl halides is 3. The smallest absolute Gasteiger partial charge is 0.417 e. The summed E-state index contributed by atoms with van der Waals surface area (Å²) in [6.07, 6.45) is -3.21. The van der Waals surface area contributed by atoms with Crippen LogP contribution in [-0.4, -0.2) is 0 Å². The van der Waals surface area contributed by atoms with E-state index in [1.54, 1.807) is 0 Å². The SMILES string of the molecule is CC#Cc1ccc(OCc2cccc(C)c2)cc1C(F)(F)F.CCC. The summed E-state index contributed by atoms with van der Waals surface area (Å²) in [5, 5.41) is 0. The molecule has 0 aromatic heterocycles. The van der Waals surface area contributed by atoms with Crippen LogP contribution in [0.5, 0.6) is 5.75 Å². The standard InChI is InChI=1S/C18H15F3O.C3H8/c1-3-5-15-8-9-16(11-17(15)18(19,20)21)22-12-14-7-4-6-13(2)10-14;1-3-2/h4,6-11H,12H2,1-2H3;3H2,1-2H3. The summed E-state index contributed by atoms with van der Waals surface area (Å²) in [4.78, 5) is 0. The highest BCUT2D eigenvalue weighted by atomic mass is 19.4. The maximum atomic E-state index is 13.0. The van der Waals surface area contributed by atoms with E-state index in [-0.39, 0.29) is 17.9 Å². The Morgan fingerprint density at radius 2 is 1.72 bits per heavy atom.